The average Bonchev–Trinajstić information content (AvgIpc) is 3.08. The van der Waals surface area contributed by atoms with E-state index in [2.05, 4.69) is 49.4 Å². The molecule has 2 aromatic rings. The molecule has 0 unspecified atom stereocenters. The number of halogens is 1. The van der Waals surface area contributed by atoms with Crippen molar-refractivity contribution in [1.82, 2.24) is 25.0 Å². The Kier molecular flexibility index (Phi) is 8.14. The van der Waals surface area contributed by atoms with E-state index in [9.17, 15) is 0 Å². The molecule has 0 aromatic carbocycles. The Balaban J connectivity index is 0.00000243. The second-order valence-corrected chi connectivity index (χ2v) is 6.27. The largest absolute Gasteiger partial charge is 0.356 e. The van der Waals surface area contributed by atoms with Gasteiger partial charge in [-0.05, 0) is 31.0 Å². The molecule has 26 heavy (non-hydrogen) atoms. The molecule has 3 rings (SSSR count). The van der Waals surface area contributed by atoms with Crippen molar-refractivity contribution < 1.29 is 0 Å². The smallest absolute Gasteiger partial charge is 0.193 e. The van der Waals surface area contributed by atoms with Crippen LogP contribution in [-0.4, -0.2) is 65.4 Å². The minimum Gasteiger partial charge on any atom is -0.356 e. The first-order chi connectivity index (χ1) is 12.3. The van der Waals surface area contributed by atoms with Crippen molar-refractivity contribution in [2.45, 2.75) is 19.9 Å². The van der Waals surface area contributed by atoms with Gasteiger partial charge in [0, 0.05) is 58.7 Å². The quantitative estimate of drug-likeness (QED) is 0.314. The fourth-order valence-corrected chi connectivity index (χ4v) is 3.05. The zero-order valence-electron chi connectivity index (χ0n) is 15.5. The summed E-state index contributed by atoms with van der Waals surface area (Å²) in [6, 6.07) is 6.06. The standard InChI is InChI=1S/C18H27N7.HI/c1-16-14-22-25(15-16)9-5-8-21-18(19-2)24-12-10-23(11-13-24)17-6-3-4-7-20-17;/h3-4,6-7,14-15H,5,8-13H2,1-2H3,(H,19,21);1H. The van der Waals surface area contributed by atoms with Crippen LogP contribution >= 0.6 is 24.0 Å². The predicted molar refractivity (Wildman–Crippen MR) is 116 cm³/mol. The van der Waals surface area contributed by atoms with Gasteiger partial charge in [-0.25, -0.2) is 4.98 Å². The number of guanidine groups is 1. The van der Waals surface area contributed by atoms with Crippen molar-refractivity contribution >= 4 is 35.8 Å². The molecule has 2 aromatic heterocycles. The van der Waals surface area contributed by atoms with Gasteiger partial charge >= 0.3 is 0 Å². The topological polar surface area (TPSA) is 61.6 Å². The van der Waals surface area contributed by atoms with Gasteiger partial charge in [0.05, 0.1) is 6.20 Å². The molecule has 1 fully saturated rings. The maximum Gasteiger partial charge on any atom is 0.193 e. The number of hydrogen-bond acceptors (Lipinski definition) is 4. The van der Waals surface area contributed by atoms with E-state index in [4.69, 9.17) is 0 Å². The molecule has 0 bridgehead atoms. The lowest BCUT2D eigenvalue weighted by Crippen LogP contribution is -2.52. The molecule has 1 N–H and O–H groups in total. The van der Waals surface area contributed by atoms with Gasteiger partial charge in [-0.3, -0.25) is 9.67 Å². The van der Waals surface area contributed by atoms with E-state index in [0.717, 1.165) is 57.5 Å². The fraction of sp³-hybridized carbons (Fsp3) is 0.500. The van der Waals surface area contributed by atoms with Crippen molar-refractivity contribution in [3.05, 3.63) is 42.4 Å². The minimum absolute atomic E-state index is 0. The maximum atomic E-state index is 4.44. The highest BCUT2D eigenvalue weighted by Gasteiger charge is 2.20. The second-order valence-electron chi connectivity index (χ2n) is 6.27. The van der Waals surface area contributed by atoms with Gasteiger partial charge in [-0.2, -0.15) is 5.10 Å². The van der Waals surface area contributed by atoms with Gasteiger partial charge in [-0.1, -0.05) is 6.07 Å². The average molecular weight is 469 g/mol. The second kappa shape index (κ2) is 10.3. The predicted octanol–water partition coefficient (Wildman–Crippen LogP) is 1.99. The van der Waals surface area contributed by atoms with Crippen LogP contribution in [0.1, 0.15) is 12.0 Å². The van der Waals surface area contributed by atoms with Crippen molar-refractivity contribution in [3.63, 3.8) is 0 Å². The molecule has 7 nitrogen and oxygen atoms in total. The molecule has 3 heterocycles. The number of nitrogens with zero attached hydrogens (tertiary/aromatic N) is 6. The third-order valence-corrected chi connectivity index (χ3v) is 4.37. The third kappa shape index (κ3) is 5.58. The SMILES string of the molecule is CN=C(NCCCn1cc(C)cn1)N1CCN(c2ccccn2)CC1.I. The zero-order chi connectivity index (χ0) is 17.5. The number of piperazine rings is 1. The van der Waals surface area contributed by atoms with Crippen LogP contribution in [0.25, 0.3) is 0 Å². The van der Waals surface area contributed by atoms with Crippen LogP contribution in [0, 0.1) is 6.92 Å². The van der Waals surface area contributed by atoms with Crippen molar-refractivity contribution in [2.75, 3.05) is 44.7 Å². The third-order valence-electron chi connectivity index (χ3n) is 4.37. The van der Waals surface area contributed by atoms with Gasteiger partial charge in [0.15, 0.2) is 5.96 Å². The summed E-state index contributed by atoms with van der Waals surface area (Å²) in [5.41, 5.74) is 1.20. The number of aryl methyl sites for hydroxylation is 2. The van der Waals surface area contributed by atoms with E-state index in [0.29, 0.717) is 0 Å². The number of nitrogens with one attached hydrogen (secondary N) is 1. The Hall–Kier alpha value is -1.84. The summed E-state index contributed by atoms with van der Waals surface area (Å²) < 4.78 is 1.99. The van der Waals surface area contributed by atoms with E-state index in [-0.39, 0.29) is 24.0 Å². The molecule has 1 saturated heterocycles. The molecule has 0 radical (unpaired) electrons. The summed E-state index contributed by atoms with van der Waals surface area (Å²) in [7, 11) is 1.85. The molecular weight excluding hydrogens is 441 g/mol. The maximum absolute atomic E-state index is 4.44. The normalized spacial score (nSPS) is 14.9. The molecule has 8 heteroatoms. The highest BCUT2D eigenvalue weighted by Crippen LogP contribution is 2.12. The van der Waals surface area contributed by atoms with Crippen LogP contribution < -0.4 is 10.2 Å². The number of hydrogen-bond donors (Lipinski definition) is 1. The van der Waals surface area contributed by atoms with E-state index < -0.39 is 0 Å². The minimum atomic E-state index is 0. The molecule has 1 aliphatic rings. The summed E-state index contributed by atoms with van der Waals surface area (Å²) in [6.07, 6.45) is 6.84. The molecule has 142 valence electrons. The Labute approximate surface area is 172 Å². The lowest BCUT2D eigenvalue weighted by atomic mass is 10.3. The van der Waals surface area contributed by atoms with Gasteiger partial charge in [-0.15, -0.1) is 24.0 Å². The number of anilines is 1. The van der Waals surface area contributed by atoms with Crippen LogP contribution in [0.15, 0.2) is 41.8 Å². The molecule has 0 amide bonds. The lowest BCUT2D eigenvalue weighted by molar-refractivity contribution is 0.370. The Morgan fingerprint density at radius 2 is 2.04 bits per heavy atom. The first kappa shape index (κ1) is 20.5. The summed E-state index contributed by atoms with van der Waals surface area (Å²) in [5.74, 6) is 2.04. The molecule has 0 aliphatic carbocycles. The number of aliphatic imine (C=N–C) groups is 1. The molecule has 1 aliphatic heterocycles. The van der Waals surface area contributed by atoms with E-state index >= 15 is 0 Å². The van der Waals surface area contributed by atoms with Crippen molar-refractivity contribution in [3.8, 4) is 0 Å². The van der Waals surface area contributed by atoms with Crippen LogP contribution in [0.5, 0.6) is 0 Å². The van der Waals surface area contributed by atoms with Gasteiger partial charge < -0.3 is 15.1 Å². The first-order valence-electron chi connectivity index (χ1n) is 8.87. The van der Waals surface area contributed by atoms with Crippen LogP contribution in [0.2, 0.25) is 0 Å². The van der Waals surface area contributed by atoms with Gasteiger partial charge in [0.25, 0.3) is 0 Å². The Bertz CT molecular complexity index is 678. The number of aromatic nitrogens is 3. The summed E-state index contributed by atoms with van der Waals surface area (Å²) in [5, 5.41) is 7.79. The van der Waals surface area contributed by atoms with E-state index in [1.54, 1.807) is 0 Å². The lowest BCUT2D eigenvalue weighted by Gasteiger charge is -2.37. The molecular formula is C18H28IN7. The Morgan fingerprint density at radius 3 is 2.65 bits per heavy atom. The van der Waals surface area contributed by atoms with Gasteiger partial charge in [0.1, 0.15) is 5.82 Å². The van der Waals surface area contributed by atoms with Crippen LogP contribution in [0.4, 0.5) is 5.82 Å². The number of rotatable bonds is 5. The summed E-state index contributed by atoms with van der Waals surface area (Å²) in [4.78, 5) is 13.5. The van der Waals surface area contributed by atoms with Crippen molar-refractivity contribution in [2.24, 2.45) is 4.99 Å². The molecule has 0 spiro atoms. The highest BCUT2D eigenvalue weighted by atomic mass is 127. The molecule has 0 atom stereocenters. The number of pyridine rings is 1. The first-order valence-corrected chi connectivity index (χ1v) is 8.87. The van der Waals surface area contributed by atoms with Crippen molar-refractivity contribution in [1.29, 1.82) is 0 Å². The van der Waals surface area contributed by atoms with E-state index in [1.165, 1.54) is 5.56 Å². The van der Waals surface area contributed by atoms with Crippen LogP contribution in [0.3, 0.4) is 0 Å². The van der Waals surface area contributed by atoms with Crippen LogP contribution in [-0.2, 0) is 6.54 Å². The monoisotopic (exact) mass is 469 g/mol. The highest BCUT2D eigenvalue weighted by molar-refractivity contribution is 14.0. The summed E-state index contributed by atoms with van der Waals surface area (Å²) in [6.45, 7) is 7.71. The summed E-state index contributed by atoms with van der Waals surface area (Å²) >= 11 is 0. The van der Waals surface area contributed by atoms with E-state index in [1.807, 2.05) is 36.3 Å². The molecule has 0 saturated carbocycles. The zero-order valence-corrected chi connectivity index (χ0v) is 17.8. The fourth-order valence-electron chi connectivity index (χ4n) is 3.05. The Morgan fingerprint density at radius 1 is 1.23 bits per heavy atom. The van der Waals surface area contributed by atoms with Gasteiger partial charge in [0.2, 0.25) is 0 Å².